The summed E-state index contributed by atoms with van der Waals surface area (Å²) in [5.74, 6) is 0.566. The van der Waals surface area contributed by atoms with Crippen LogP contribution in [0.1, 0.15) is 17.3 Å². The van der Waals surface area contributed by atoms with E-state index >= 15 is 0 Å². The molecule has 2 amide bonds. The largest absolute Gasteiger partial charge is 0.493 e. The lowest BCUT2D eigenvalue weighted by Gasteiger charge is -2.29. The molecular weight excluding hydrogens is 300 g/mol. The number of carbonyl (C=O) groups is 2. The minimum absolute atomic E-state index is 0.109. The fourth-order valence-corrected chi connectivity index (χ4v) is 2.38. The Balaban J connectivity index is 2.01. The lowest BCUT2D eigenvalue weighted by atomic mass is 10.1. The van der Waals surface area contributed by atoms with Crippen LogP contribution in [-0.2, 0) is 9.53 Å². The van der Waals surface area contributed by atoms with Crippen molar-refractivity contribution in [2.45, 2.75) is 13.0 Å². The van der Waals surface area contributed by atoms with Gasteiger partial charge in [0.1, 0.15) is 6.04 Å². The summed E-state index contributed by atoms with van der Waals surface area (Å²) in [6.07, 6.45) is 0. The Hall–Kier alpha value is -2.28. The Morgan fingerprint density at radius 1 is 1.17 bits per heavy atom. The number of ether oxygens (including phenoxy) is 3. The van der Waals surface area contributed by atoms with Gasteiger partial charge in [0, 0.05) is 18.7 Å². The quantitative estimate of drug-likeness (QED) is 0.863. The van der Waals surface area contributed by atoms with Gasteiger partial charge in [-0.25, -0.2) is 0 Å². The van der Waals surface area contributed by atoms with Crippen LogP contribution in [0.4, 0.5) is 0 Å². The number of hydrogen-bond acceptors (Lipinski definition) is 5. The van der Waals surface area contributed by atoms with Crippen LogP contribution in [0.15, 0.2) is 18.2 Å². The molecule has 1 atom stereocenters. The molecule has 1 fully saturated rings. The van der Waals surface area contributed by atoms with Crippen LogP contribution in [-0.4, -0.2) is 63.3 Å². The molecule has 1 aliphatic rings. The zero-order valence-corrected chi connectivity index (χ0v) is 13.6. The van der Waals surface area contributed by atoms with Crippen molar-refractivity contribution in [3.8, 4) is 11.5 Å². The van der Waals surface area contributed by atoms with E-state index in [0.717, 1.165) is 0 Å². The molecule has 7 heteroatoms. The Bertz CT molecular complexity index is 570. The number of benzene rings is 1. The summed E-state index contributed by atoms with van der Waals surface area (Å²) in [5, 5.41) is 2.71. The molecule has 2 rings (SSSR count). The standard InChI is InChI=1S/C16H22N2O5/c1-11(16(20)18-6-8-23-9-7-18)17-15(19)12-4-5-13(21-2)14(10-12)22-3/h4-5,10-11H,6-9H2,1-3H3,(H,17,19)/t11-/m0/s1. The van der Waals surface area contributed by atoms with Crippen LogP contribution in [0.3, 0.4) is 0 Å². The second kappa shape index (κ2) is 7.82. The summed E-state index contributed by atoms with van der Waals surface area (Å²) >= 11 is 0. The van der Waals surface area contributed by atoms with E-state index in [1.807, 2.05) is 0 Å². The minimum atomic E-state index is -0.603. The molecule has 1 saturated heterocycles. The van der Waals surface area contributed by atoms with Gasteiger partial charge in [0.2, 0.25) is 5.91 Å². The first-order valence-electron chi connectivity index (χ1n) is 7.46. The van der Waals surface area contributed by atoms with Gasteiger partial charge < -0.3 is 24.4 Å². The molecule has 0 bridgehead atoms. The van der Waals surface area contributed by atoms with Crippen LogP contribution in [0.25, 0.3) is 0 Å². The highest BCUT2D eigenvalue weighted by molar-refractivity contribution is 5.98. The highest BCUT2D eigenvalue weighted by atomic mass is 16.5. The molecule has 0 radical (unpaired) electrons. The van der Waals surface area contributed by atoms with Crippen molar-refractivity contribution >= 4 is 11.8 Å². The molecule has 1 aromatic carbocycles. The number of nitrogens with zero attached hydrogens (tertiary/aromatic N) is 1. The van der Waals surface area contributed by atoms with Gasteiger partial charge in [0.05, 0.1) is 27.4 Å². The zero-order valence-electron chi connectivity index (χ0n) is 13.6. The molecule has 1 aromatic rings. The van der Waals surface area contributed by atoms with E-state index < -0.39 is 6.04 Å². The van der Waals surface area contributed by atoms with E-state index in [-0.39, 0.29) is 11.8 Å². The van der Waals surface area contributed by atoms with Crippen LogP contribution < -0.4 is 14.8 Å². The summed E-state index contributed by atoms with van der Waals surface area (Å²) in [6, 6.07) is 4.26. The topological polar surface area (TPSA) is 77.1 Å². The van der Waals surface area contributed by atoms with Gasteiger partial charge in [-0.05, 0) is 25.1 Å². The monoisotopic (exact) mass is 322 g/mol. The van der Waals surface area contributed by atoms with E-state index in [1.165, 1.54) is 14.2 Å². The summed E-state index contributed by atoms with van der Waals surface area (Å²) in [6.45, 7) is 3.84. The number of morpholine rings is 1. The van der Waals surface area contributed by atoms with Gasteiger partial charge in [-0.3, -0.25) is 9.59 Å². The molecule has 0 unspecified atom stereocenters. The Morgan fingerprint density at radius 2 is 1.83 bits per heavy atom. The molecule has 0 aliphatic carbocycles. The predicted octanol–water partition coefficient (Wildman–Crippen LogP) is 0.681. The molecule has 7 nitrogen and oxygen atoms in total. The summed E-state index contributed by atoms with van der Waals surface area (Å²) in [4.78, 5) is 26.3. The van der Waals surface area contributed by atoms with Gasteiger partial charge in [-0.2, -0.15) is 0 Å². The van der Waals surface area contributed by atoms with Crippen molar-refractivity contribution in [1.29, 1.82) is 0 Å². The minimum Gasteiger partial charge on any atom is -0.493 e. The van der Waals surface area contributed by atoms with Crippen LogP contribution in [0.2, 0.25) is 0 Å². The molecule has 1 heterocycles. The van der Waals surface area contributed by atoms with Gasteiger partial charge >= 0.3 is 0 Å². The van der Waals surface area contributed by atoms with Gasteiger partial charge in [-0.15, -0.1) is 0 Å². The number of amides is 2. The second-order valence-corrected chi connectivity index (χ2v) is 5.20. The van der Waals surface area contributed by atoms with Crippen LogP contribution >= 0.6 is 0 Å². The SMILES string of the molecule is COc1ccc(C(=O)N[C@@H](C)C(=O)N2CCOCC2)cc1OC. The predicted molar refractivity (Wildman–Crippen MR) is 83.9 cm³/mol. The van der Waals surface area contributed by atoms with Crippen molar-refractivity contribution < 1.29 is 23.8 Å². The first kappa shape index (κ1) is 17.1. The highest BCUT2D eigenvalue weighted by Gasteiger charge is 2.24. The lowest BCUT2D eigenvalue weighted by Crippen LogP contribution is -2.50. The average molecular weight is 322 g/mol. The summed E-state index contributed by atoms with van der Waals surface area (Å²) in [7, 11) is 3.03. The van der Waals surface area contributed by atoms with Crippen LogP contribution in [0.5, 0.6) is 11.5 Å². The summed E-state index contributed by atoms with van der Waals surface area (Å²) < 4.78 is 15.5. The number of nitrogens with one attached hydrogen (secondary N) is 1. The van der Waals surface area contributed by atoms with E-state index in [0.29, 0.717) is 43.4 Å². The highest BCUT2D eigenvalue weighted by Crippen LogP contribution is 2.27. The number of methoxy groups -OCH3 is 2. The van der Waals surface area contributed by atoms with Crippen molar-refractivity contribution in [1.82, 2.24) is 10.2 Å². The number of carbonyl (C=O) groups excluding carboxylic acids is 2. The molecule has 126 valence electrons. The van der Waals surface area contributed by atoms with E-state index in [4.69, 9.17) is 14.2 Å². The van der Waals surface area contributed by atoms with Gasteiger partial charge in [0.15, 0.2) is 11.5 Å². The third-order valence-corrected chi connectivity index (χ3v) is 3.69. The van der Waals surface area contributed by atoms with Crippen LogP contribution in [0, 0.1) is 0 Å². The first-order chi connectivity index (χ1) is 11.1. The Labute approximate surface area is 135 Å². The Kier molecular flexibility index (Phi) is 5.81. The fraction of sp³-hybridized carbons (Fsp3) is 0.500. The molecule has 1 aliphatic heterocycles. The normalized spacial score (nSPS) is 15.7. The van der Waals surface area contributed by atoms with E-state index in [9.17, 15) is 9.59 Å². The maximum absolute atomic E-state index is 12.3. The fourth-order valence-electron chi connectivity index (χ4n) is 2.38. The second-order valence-electron chi connectivity index (χ2n) is 5.20. The maximum atomic E-state index is 12.3. The van der Waals surface area contributed by atoms with E-state index in [2.05, 4.69) is 5.32 Å². The zero-order chi connectivity index (χ0) is 16.8. The van der Waals surface area contributed by atoms with Crippen molar-refractivity contribution in [2.24, 2.45) is 0 Å². The number of rotatable bonds is 5. The Morgan fingerprint density at radius 3 is 2.43 bits per heavy atom. The molecule has 1 N–H and O–H groups in total. The smallest absolute Gasteiger partial charge is 0.252 e. The van der Waals surface area contributed by atoms with Gasteiger partial charge in [0.25, 0.3) is 5.91 Å². The maximum Gasteiger partial charge on any atom is 0.252 e. The third kappa shape index (κ3) is 4.13. The molecule has 0 saturated carbocycles. The lowest BCUT2D eigenvalue weighted by molar-refractivity contribution is -0.136. The molecule has 0 spiro atoms. The van der Waals surface area contributed by atoms with E-state index in [1.54, 1.807) is 30.0 Å². The molecule has 23 heavy (non-hydrogen) atoms. The van der Waals surface area contributed by atoms with Gasteiger partial charge in [-0.1, -0.05) is 0 Å². The van der Waals surface area contributed by atoms with Crippen molar-refractivity contribution in [2.75, 3.05) is 40.5 Å². The number of hydrogen-bond donors (Lipinski definition) is 1. The van der Waals surface area contributed by atoms with Crippen molar-refractivity contribution in [3.05, 3.63) is 23.8 Å². The average Bonchev–Trinajstić information content (AvgIpc) is 2.60. The third-order valence-electron chi connectivity index (χ3n) is 3.69. The molecule has 0 aromatic heterocycles. The summed E-state index contributed by atoms with van der Waals surface area (Å²) in [5.41, 5.74) is 0.407. The first-order valence-corrected chi connectivity index (χ1v) is 7.46. The van der Waals surface area contributed by atoms with Crippen molar-refractivity contribution in [3.63, 3.8) is 0 Å². The molecular formula is C16H22N2O5.